The van der Waals surface area contributed by atoms with Gasteiger partial charge in [0.15, 0.2) is 0 Å². The third-order valence-corrected chi connectivity index (χ3v) is 2.86. The predicted molar refractivity (Wildman–Crippen MR) is 75.5 cm³/mol. The SMILES string of the molecule is CN/C(=C/c1cc2cc(C)ccc2[nH]c1=O)C(N)=O. The summed E-state index contributed by atoms with van der Waals surface area (Å²) in [4.78, 5) is 25.8. The number of carbonyl (C=O) groups is 1. The van der Waals surface area contributed by atoms with E-state index >= 15 is 0 Å². The molecule has 0 fully saturated rings. The molecule has 0 unspecified atom stereocenters. The fourth-order valence-corrected chi connectivity index (χ4v) is 1.87. The van der Waals surface area contributed by atoms with E-state index in [2.05, 4.69) is 10.3 Å². The van der Waals surface area contributed by atoms with Gasteiger partial charge < -0.3 is 16.0 Å². The first-order valence-corrected chi connectivity index (χ1v) is 5.84. The minimum Gasteiger partial charge on any atom is -0.384 e. The van der Waals surface area contributed by atoms with Crippen LogP contribution in [0.2, 0.25) is 0 Å². The summed E-state index contributed by atoms with van der Waals surface area (Å²) in [6.45, 7) is 1.97. The number of carbonyl (C=O) groups excluding carboxylic acids is 1. The van der Waals surface area contributed by atoms with Crippen molar-refractivity contribution >= 4 is 22.9 Å². The van der Waals surface area contributed by atoms with Gasteiger partial charge in [-0.05, 0) is 36.6 Å². The molecule has 1 amide bonds. The first-order valence-electron chi connectivity index (χ1n) is 5.84. The van der Waals surface area contributed by atoms with Gasteiger partial charge in [0, 0.05) is 18.1 Å². The molecule has 0 aliphatic heterocycles. The lowest BCUT2D eigenvalue weighted by Crippen LogP contribution is -2.24. The third-order valence-electron chi connectivity index (χ3n) is 2.86. The molecule has 0 aliphatic rings. The lowest BCUT2D eigenvalue weighted by molar-refractivity contribution is -0.114. The Balaban J connectivity index is 2.64. The van der Waals surface area contributed by atoms with Crippen LogP contribution >= 0.6 is 0 Å². The van der Waals surface area contributed by atoms with Gasteiger partial charge in [-0.1, -0.05) is 11.6 Å². The Bertz CT molecular complexity index is 729. The molecule has 0 bridgehead atoms. The Morgan fingerprint density at radius 2 is 2.11 bits per heavy atom. The zero-order chi connectivity index (χ0) is 14.0. The van der Waals surface area contributed by atoms with Crippen molar-refractivity contribution in [2.24, 2.45) is 5.73 Å². The maximum Gasteiger partial charge on any atom is 0.264 e. The number of H-pyrrole nitrogens is 1. The summed E-state index contributed by atoms with van der Waals surface area (Å²) in [6, 6.07) is 7.48. The average Bonchev–Trinajstić information content (AvgIpc) is 2.36. The quantitative estimate of drug-likeness (QED) is 0.713. The molecule has 2 rings (SSSR count). The first kappa shape index (κ1) is 12.9. The first-order chi connectivity index (χ1) is 9.01. The van der Waals surface area contributed by atoms with E-state index in [1.807, 2.05) is 25.1 Å². The molecule has 1 aromatic heterocycles. The second-order valence-electron chi connectivity index (χ2n) is 4.32. The molecule has 0 radical (unpaired) electrons. The molecule has 0 saturated carbocycles. The molecular weight excluding hydrogens is 242 g/mol. The fraction of sp³-hybridized carbons (Fsp3) is 0.143. The number of aryl methyl sites for hydroxylation is 1. The van der Waals surface area contributed by atoms with Gasteiger partial charge in [0.05, 0.1) is 0 Å². The lowest BCUT2D eigenvalue weighted by atomic mass is 10.1. The van der Waals surface area contributed by atoms with Gasteiger partial charge in [0.1, 0.15) is 5.70 Å². The zero-order valence-electron chi connectivity index (χ0n) is 10.8. The number of likely N-dealkylation sites (N-methyl/N-ethyl adjacent to an activating group) is 1. The second-order valence-corrected chi connectivity index (χ2v) is 4.32. The van der Waals surface area contributed by atoms with Gasteiger partial charge in [0.2, 0.25) is 0 Å². The number of nitrogens with one attached hydrogen (secondary N) is 2. The Morgan fingerprint density at radius 1 is 1.37 bits per heavy atom. The van der Waals surface area contributed by atoms with Gasteiger partial charge in [-0.15, -0.1) is 0 Å². The number of rotatable bonds is 3. The zero-order valence-corrected chi connectivity index (χ0v) is 10.8. The maximum atomic E-state index is 11.9. The monoisotopic (exact) mass is 257 g/mol. The Kier molecular flexibility index (Phi) is 3.37. The minimum absolute atomic E-state index is 0.192. The van der Waals surface area contributed by atoms with Crippen LogP contribution in [-0.2, 0) is 4.79 Å². The Morgan fingerprint density at radius 3 is 2.74 bits per heavy atom. The van der Waals surface area contributed by atoms with Crippen molar-refractivity contribution in [3.63, 3.8) is 0 Å². The van der Waals surface area contributed by atoms with Crippen molar-refractivity contribution < 1.29 is 4.79 Å². The van der Waals surface area contributed by atoms with Crippen LogP contribution in [0.15, 0.2) is 34.8 Å². The number of hydrogen-bond acceptors (Lipinski definition) is 3. The maximum absolute atomic E-state index is 11.9. The van der Waals surface area contributed by atoms with Gasteiger partial charge in [0.25, 0.3) is 11.5 Å². The number of aromatic nitrogens is 1. The summed E-state index contributed by atoms with van der Waals surface area (Å²) in [5.41, 5.74) is 7.38. The van der Waals surface area contributed by atoms with Crippen LogP contribution in [0.25, 0.3) is 17.0 Å². The summed E-state index contributed by atoms with van der Waals surface area (Å²) in [6.07, 6.45) is 1.45. The van der Waals surface area contributed by atoms with E-state index in [0.717, 1.165) is 16.5 Å². The summed E-state index contributed by atoms with van der Waals surface area (Å²) in [5.74, 6) is -0.605. The highest BCUT2D eigenvalue weighted by Gasteiger charge is 2.06. The van der Waals surface area contributed by atoms with Crippen molar-refractivity contribution in [2.45, 2.75) is 6.92 Å². The van der Waals surface area contributed by atoms with E-state index in [1.165, 1.54) is 6.08 Å². The molecule has 0 saturated heterocycles. The Labute approximate surface area is 110 Å². The molecule has 0 aliphatic carbocycles. The lowest BCUT2D eigenvalue weighted by Gasteiger charge is -2.04. The molecule has 2 aromatic rings. The molecule has 0 spiro atoms. The number of nitrogens with two attached hydrogens (primary N) is 1. The number of aromatic amines is 1. The van der Waals surface area contributed by atoms with Crippen molar-refractivity contribution in [1.82, 2.24) is 10.3 Å². The van der Waals surface area contributed by atoms with Crippen LogP contribution in [0.1, 0.15) is 11.1 Å². The van der Waals surface area contributed by atoms with E-state index in [4.69, 9.17) is 5.73 Å². The Hall–Kier alpha value is -2.56. The normalized spacial score (nSPS) is 11.6. The van der Waals surface area contributed by atoms with E-state index in [1.54, 1.807) is 13.1 Å². The highest BCUT2D eigenvalue weighted by atomic mass is 16.1. The molecule has 1 heterocycles. The number of fused-ring (bicyclic) bond motifs is 1. The molecule has 98 valence electrons. The predicted octanol–water partition coefficient (Wildman–Crippen LogP) is 0.882. The highest BCUT2D eigenvalue weighted by molar-refractivity contribution is 5.96. The van der Waals surface area contributed by atoms with Crippen LogP contribution in [0.4, 0.5) is 0 Å². The molecule has 5 nitrogen and oxygen atoms in total. The number of amides is 1. The van der Waals surface area contributed by atoms with Crippen LogP contribution in [0, 0.1) is 6.92 Å². The van der Waals surface area contributed by atoms with E-state index < -0.39 is 5.91 Å². The summed E-state index contributed by atoms with van der Waals surface area (Å²) >= 11 is 0. The number of primary amides is 1. The minimum atomic E-state index is -0.605. The molecule has 4 N–H and O–H groups in total. The van der Waals surface area contributed by atoms with Crippen LogP contribution < -0.4 is 16.6 Å². The van der Waals surface area contributed by atoms with E-state index in [-0.39, 0.29) is 11.3 Å². The van der Waals surface area contributed by atoms with Gasteiger partial charge in [-0.3, -0.25) is 9.59 Å². The van der Waals surface area contributed by atoms with Gasteiger partial charge in [-0.2, -0.15) is 0 Å². The van der Waals surface area contributed by atoms with Crippen molar-refractivity contribution in [3.05, 3.63) is 51.4 Å². The summed E-state index contributed by atoms with van der Waals surface area (Å²) in [7, 11) is 1.58. The van der Waals surface area contributed by atoms with Crippen molar-refractivity contribution in [1.29, 1.82) is 0 Å². The van der Waals surface area contributed by atoms with Gasteiger partial charge >= 0.3 is 0 Å². The highest BCUT2D eigenvalue weighted by Crippen LogP contribution is 2.14. The number of hydrogen-bond donors (Lipinski definition) is 3. The largest absolute Gasteiger partial charge is 0.384 e. The van der Waals surface area contributed by atoms with Crippen molar-refractivity contribution in [2.75, 3.05) is 7.05 Å². The molecule has 0 atom stereocenters. The smallest absolute Gasteiger partial charge is 0.264 e. The van der Waals surface area contributed by atoms with Crippen LogP contribution in [0.5, 0.6) is 0 Å². The summed E-state index contributed by atoms with van der Waals surface area (Å²) in [5, 5.41) is 3.58. The molecule has 1 aromatic carbocycles. The van der Waals surface area contributed by atoms with E-state index in [0.29, 0.717) is 5.56 Å². The second kappa shape index (κ2) is 4.97. The standard InChI is InChI=1S/C14H15N3O2/c1-8-3-4-11-9(5-8)6-10(14(19)17-11)7-12(16-2)13(15)18/h3-7,16H,1-2H3,(H2,15,18)(H,17,19)/b12-7+. The fourth-order valence-electron chi connectivity index (χ4n) is 1.87. The van der Waals surface area contributed by atoms with E-state index in [9.17, 15) is 9.59 Å². The molecule has 19 heavy (non-hydrogen) atoms. The number of benzene rings is 1. The van der Waals surface area contributed by atoms with Gasteiger partial charge in [-0.25, -0.2) is 0 Å². The van der Waals surface area contributed by atoms with Crippen molar-refractivity contribution in [3.8, 4) is 0 Å². The molecule has 5 heteroatoms. The van der Waals surface area contributed by atoms with Crippen LogP contribution in [0.3, 0.4) is 0 Å². The number of pyridine rings is 1. The summed E-state index contributed by atoms with van der Waals surface area (Å²) < 4.78 is 0. The average molecular weight is 257 g/mol. The third kappa shape index (κ3) is 2.65. The topological polar surface area (TPSA) is 88.0 Å². The van der Waals surface area contributed by atoms with Crippen LogP contribution in [-0.4, -0.2) is 17.9 Å². The molecular formula is C14H15N3O2.